The first-order valence-corrected chi connectivity index (χ1v) is 7.78. The highest BCUT2D eigenvalue weighted by Gasteiger charge is 2.43. The third-order valence-corrected chi connectivity index (χ3v) is 5.43. The average Bonchev–Trinajstić information content (AvgIpc) is 2.99. The molecule has 3 heterocycles. The van der Waals surface area contributed by atoms with Gasteiger partial charge in [0.2, 0.25) is 0 Å². The lowest BCUT2D eigenvalue weighted by Gasteiger charge is -2.18. The molecule has 3 fully saturated rings. The molecular weight excluding hydrogens is 341 g/mol. The van der Waals surface area contributed by atoms with Gasteiger partial charge in [-0.05, 0) is 54.7 Å². The second-order valence-electron chi connectivity index (χ2n) is 5.66. The Bertz CT molecular complexity index is 503. The van der Waals surface area contributed by atoms with E-state index in [0.29, 0.717) is 29.9 Å². The highest BCUT2D eigenvalue weighted by Crippen LogP contribution is 2.46. The number of hydrogen-bond acceptors (Lipinski definition) is 4. The first-order chi connectivity index (χ1) is 8.72. The van der Waals surface area contributed by atoms with Gasteiger partial charge in [0.25, 0.3) is 0 Å². The van der Waals surface area contributed by atoms with Crippen LogP contribution in [0.5, 0.6) is 0 Å². The number of hydrogen-bond donors (Lipinski definition) is 1. The number of nitrogen functional groups attached to an aromatic ring is 1. The SMILES string of the molecule is Nc1nc(C2CC3CCC2O3)nc(C2CC2)c1I. The first kappa shape index (κ1) is 11.4. The summed E-state index contributed by atoms with van der Waals surface area (Å²) >= 11 is 2.28. The van der Waals surface area contributed by atoms with Gasteiger partial charge in [-0.3, -0.25) is 0 Å². The minimum absolute atomic E-state index is 0.335. The standard InChI is InChI=1S/C13H16IN3O/c14-10-11(6-1-2-6)16-13(17-12(10)15)8-5-7-3-4-9(8)18-7/h6-9H,1-5H2,(H2,15,16,17). The molecule has 18 heavy (non-hydrogen) atoms. The third kappa shape index (κ3) is 1.74. The number of ether oxygens (including phenoxy) is 1. The average molecular weight is 357 g/mol. The molecular formula is C13H16IN3O. The zero-order valence-electron chi connectivity index (χ0n) is 10.1. The summed E-state index contributed by atoms with van der Waals surface area (Å²) in [5, 5.41) is 0. The molecule has 4 rings (SSSR count). The Kier molecular flexibility index (Phi) is 2.55. The summed E-state index contributed by atoms with van der Waals surface area (Å²) in [4.78, 5) is 9.34. The van der Waals surface area contributed by atoms with Gasteiger partial charge in [0.05, 0.1) is 21.5 Å². The number of rotatable bonds is 2. The van der Waals surface area contributed by atoms with Crippen molar-refractivity contribution >= 4 is 28.4 Å². The molecule has 3 atom stereocenters. The van der Waals surface area contributed by atoms with Crippen molar-refractivity contribution in [3.05, 3.63) is 15.1 Å². The Labute approximate surface area is 120 Å². The second-order valence-corrected chi connectivity index (χ2v) is 6.74. The molecule has 2 saturated heterocycles. The largest absolute Gasteiger partial charge is 0.383 e. The molecule has 1 aromatic rings. The summed E-state index contributed by atoms with van der Waals surface area (Å²) < 4.78 is 6.96. The van der Waals surface area contributed by atoms with Crippen LogP contribution in [0.1, 0.15) is 55.5 Å². The zero-order valence-corrected chi connectivity index (χ0v) is 12.3. The lowest BCUT2D eigenvalue weighted by molar-refractivity contribution is 0.0998. The smallest absolute Gasteiger partial charge is 0.140 e. The van der Waals surface area contributed by atoms with Gasteiger partial charge in [0.15, 0.2) is 0 Å². The van der Waals surface area contributed by atoms with Crippen LogP contribution in [0, 0.1) is 3.57 Å². The Hall–Kier alpha value is -0.430. The molecule has 0 spiro atoms. The van der Waals surface area contributed by atoms with Crippen LogP contribution in [0.15, 0.2) is 0 Å². The predicted molar refractivity (Wildman–Crippen MR) is 76.4 cm³/mol. The molecule has 3 aliphatic rings. The summed E-state index contributed by atoms with van der Waals surface area (Å²) in [5.74, 6) is 2.59. The number of nitrogens with zero attached hydrogens (tertiary/aromatic N) is 2. The van der Waals surface area contributed by atoms with Crippen LogP contribution in [0.25, 0.3) is 0 Å². The fraction of sp³-hybridized carbons (Fsp3) is 0.692. The summed E-state index contributed by atoms with van der Waals surface area (Å²) in [6, 6.07) is 0. The summed E-state index contributed by atoms with van der Waals surface area (Å²) in [6.07, 6.45) is 6.71. The fourth-order valence-electron chi connectivity index (χ4n) is 3.20. The van der Waals surface area contributed by atoms with Crippen LogP contribution < -0.4 is 5.73 Å². The van der Waals surface area contributed by atoms with Gasteiger partial charge in [-0.15, -0.1) is 0 Å². The van der Waals surface area contributed by atoms with Crippen molar-refractivity contribution in [2.45, 2.75) is 56.1 Å². The molecule has 4 nitrogen and oxygen atoms in total. The maximum absolute atomic E-state index is 6.05. The summed E-state index contributed by atoms with van der Waals surface area (Å²) in [5.41, 5.74) is 7.23. The maximum atomic E-state index is 6.05. The quantitative estimate of drug-likeness (QED) is 0.827. The molecule has 0 radical (unpaired) electrons. The Morgan fingerprint density at radius 3 is 2.61 bits per heavy atom. The Morgan fingerprint density at radius 1 is 1.17 bits per heavy atom. The Balaban J connectivity index is 1.72. The topological polar surface area (TPSA) is 61.0 Å². The zero-order chi connectivity index (χ0) is 12.3. The lowest BCUT2D eigenvalue weighted by Crippen LogP contribution is -2.19. The van der Waals surface area contributed by atoms with Crippen LogP contribution in [0.3, 0.4) is 0 Å². The highest BCUT2D eigenvalue weighted by molar-refractivity contribution is 14.1. The van der Waals surface area contributed by atoms with Crippen molar-refractivity contribution in [3.8, 4) is 0 Å². The van der Waals surface area contributed by atoms with E-state index in [1.165, 1.54) is 25.0 Å². The van der Waals surface area contributed by atoms with Gasteiger partial charge < -0.3 is 10.5 Å². The van der Waals surface area contributed by atoms with Crippen molar-refractivity contribution in [1.82, 2.24) is 9.97 Å². The molecule has 5 heteroatoms. The highest BCUT2D eigenvalue weighted by atomic mass is 127. The molecule has 1 saturated carbocycles. The normalized spacial score (nSPS) is 34.2. The molecule has 0 amide bonds. The molecule has 2 N–H and O–H groups in total. The molecule has 96 valence electrons. The molecule has 1 aromatic heterocycles. The van der Waals surface area contributed by atoms with Crippen LogP contribution >= 0.6 is 22.6 Å². The van der Waals surface area contributed by atoms with Crippen LogP contribution in [0.4, 0.5) is 5.82 Å². The van der Waals surface area contributed by atoms with Crippen LogP contribution in [-0.4, -0.2) is 22.2 Å². The van der Waals surface area contributed by atoms with Gasteiger partial charge in [-0.1, -0.05) is 0 Å². The third-order valence-electron chi connectivity index (χ3n) is 4.32. The number of fused-ring (bicyclic) bond motifs is 2. The molecule has 2 aliphatic heterocycles. The van der Waals surface area contributed by atoms with Crippen molar-refractivity contribution in [1.29, 1.82) is 0 Å². The first-order valence-electron chi connectivity index (χ1n) is 6.70. The van der Waals surface area contributed by atoms with Crippen LogP contribution in [-0.2, 0) is 4.74 Å². The van der Waals surface area contributed by atoms with Gasteiger partial charge in [0.1, 0.15) is 11.6 Å². The van der Waals surface area contributed by atoms with E-state index in [-0.39, 0.29) is 0 Å². The van der Waals surface area contributed by atoms with E-state index < -0.39 is 0 Å². The predicted octanol–water partition coefficient (Wildman–Crippen LogP) is 2.58. The number of halogens is 1. The summed E-state index contributed by atoms with van der Waals surface area (Å²) in [7, 11) is 0. The van der Waals surface area contributed by atoms with E-state index in [4.69, 9.17) is 15.5 Å². The Morgan fingerprint density at radius 2 is 2.00 bits per heavy atom. The lowest BCUT2D eigenvalue weighted by atomic mass is 9.88. The van der Waals surface area contributed by atoms with E-state index in [9.17, 15) is 0 Å². The number of aromatic nitrogens is 2. The van der Waals surface area contributed by atoms with E-state index in [0.717, 1.165) is 22.2 Å². The maximum Gasteiger partial charge on any atom is 0.140 e. The van der Waals surface area contributed by atoms with Crippen molar-refractivity contribution < 1.29 is 4.74 Å². The van der Waals surface area contributed by atoms with E-state index in [2.05, 4.69) is 27.6 Å². The van der Waals surface area contributed by atoms with E-state index in [1.807, 2.05) is 0 Å². The molecule has 0 aromatic carbocycles. The van der Waals surface area contributed by atoms with Crippen molar-refractivity contribution in [2.75, 3.05) is 5.73 Å². The minimum atomic E-state index is 0.335. The monoisotopic (exact) mass is 357 g/mol. The van der Waals surface area contributed by atoms with Gasteiger partial charge in [0, 0.05) is 11.8 Å². The number of nitrogens with two attached hydrogens (primary N) is 1. The van der Waals surface area contributed by atoms with E-state index in [1.54, 1.807) is 0 Å². The van der Waals surface area contributed by atoms with Crippen LogP contribution in [0.2, 0.25) is 0 Å². The van der Waals surface area contributed by atoms with Gasteiger partial charge in [-0.25, -0.2) is 9.97 Å². The van der Waals surface area contributed by atoms with Crippen molar-refractivity contribution in [2.24, 2.45) is 0 Å². The summed E-state index contributed by atoms with van der Waals surface area (Å²) in [6.45, 7) is 0. The number of anilines is 1. The molecule has 2 bridgehead atoms. The second kappa shape index (κ2) is 4.03. The molecule has 3 unspecified atom stereocenters. The fourth-order valence-corrected chi connectivity index (χ4v) is 3.89. The van der Waals surface area contributed by atoms with Crippen molar-refractivity contribution in [3.63, 3.8) is 0 Å². The molecule has 1 aliphatic carbocycles. The van der Waals surface area contributed by atoms with Gasteiger partial charge >= 0.3 is 0 Å². The minimum Gasteiger partial charge on any atom is -0.383 e. The van der Waals surface area contributed by atoms with Gasteiger partial charge in [-0.2, -0.15) is 0 Å². The van der Waals surface area contributed by atoms with E-state index >= 15 is 0 Å².